The maximum absolute atomic E-state index is 12.1. The van der Waals surface area contributed by atoms with Crippen molar-refractivity contribution in [1.29, 1.82) is 0 Å². The van der Waals surface area contributed by atoms with Gasteiger partial charge in [0.1, 0.15) is 85.5 Å². The van der Waals surface area contributed by atoms with E-state index in [1.54, 1.807) is 0 Å². The Hall–Kier alpha value is -1.18. The SMILES string of the molecule is CC1O[C@@H](OC2[C@H](OC3CC[C@@]4(C)C(=CC[C@H]5[C@@H]6CC7OC(O)(CC[C@@H](C)CO[C@@H]8OC(CO)[C@@H](O)[C@H](O)C8O)[C@@H](C)[C@@H]7[C@@]6(C)CC[C@@H]54)C3)OC(CO)[C@@H](O[C@@H]3OC(O)[C@H](O)[C@H](O)C3O)[C@@H]2O)C(O)[C@@H](O)[C@H]1O. The molecule has 9 aliphatic rings. The lowest BCUT2D eigenvalue weighted by Crippen LogP contribution is -2.66. The molecule has 9 rings (SSSR count). The summed E-state index contributed by atoms with van der Waals surface area (Å²) >= 11 is 0. The van der Waals surface area contributed by atoms with Gasteiger partial charge in [-0.1, -0.05) is 39.3 Å². The molecule has 23 heteroatoms. The van der Waals surface area contributed by atoms with Crippen LogP contribution in [0.4, 0.5) is 0 Å². The van der Waals surface area contributed by atoms with Gasteiger partial charge in [-0.15, -0.1) is 0 Å². The van der Waals surface area contributed by atoms with E-state index in [9.17, 15) is 71.5 Å². The normalized spacial score (nSPS) is 55.5. The highest BCUT2D eigenvalue weighted by molar-refractivity contribution is 5.26. The lowest BCUT2D eigenvalue weighted by molar-refractivity contribution is -0.397. The summed E-state index contributed by atoms with van der Waals surface area (Å²) in [5.74, 6) is -0.317. The van der Waals surface area contributed by atoms with Crippen LogP contribution in [0.3, 0.4) is 0 Å². The van der Waals surface area contributed by atoms with E-state index >= 15 is 0 Å². The van der Waals surface area contributed by atoms with E-state index in [0.29, 0.717) is 43.4 Å². The van der Waals surface area contributed by atoms with Crippen molar-refractivity contribution in [1.82, 2.24) is 0 Å². The lowest BCUT2D eigenvalue weighted by Gasteiger charge is -2.58. The Morgan fingerprint density at radius 1 is 0.658 bits per heavy atom. The van der Waals surface area contributed by atoms with Crippen LogP contribution in [0.2, 0.25) is 0 Å². The van der Waals surface area contributed by atoms with Gasteiger partial charge in [0.2, 0.25) is 0 Å². The van der Waals surface area contributed by atoms with Gasteiger partial charge in [0.05, 0.1) is 38.1 Å². The Kier molecular flexibility index (Phi) is 16.9. The molecule has 31 atom stereocenters. The van der Waals surface area contributed by atoms with Crippen LogP contribution in [-0.2, 0) is 42.6 Å². The zero-order valence-corrected chi connectivity index (χ0v) is 42.2. The standard InChI is InChI=1S/C50H82O23/c1-19(18-65-44-37(59)34(56)32(54)28(16-51)68-44)8-13-50(64)20(2)30-27(73-50)15-26-24-7-6-22-14-23(9-11-48(22,4)25(24)10-12-49(26,30)5)67-47-42(71-45-38(60)33(55)31(53)21(3)66-45)40(62)41(29(17-52)69-47)70-46-39(61)35(57)36(58)43(63)72-46/h6,19-21,23-47,51-64H,7-18H2,1-5H3/t19-,20+,21?,23?,24-,25+,26+,27?,28?,29?,30+,31+,32-,33+,34+,35+,36-,37?,38?,39?,40+,41-,42?,43?,44-,45+,46-,47-,48+,49+,50?/m1/s1. The fraction of sp³-hybridized carbons (Fsp3) is 0.960. The summed E-state index contributed by atoms with van der Waals surface area (Å²) in [6.07, 6.45) is -23.3. The number of ether oxygens (including phenoxy) is 9. The van der Waals surface area contributed by atoms with Crippen molar-refractivity contribution >= 4 is 0 Å². The molecule has 3 saturated carbocycles. The molecule has 0 spiro atoms. The molecule has 0 bridgehead atoms. The monoisotopic (exact) mass is 1050 g/mol. The summed E-state index contributed by atoms with van der Waals surface area (Å²) in [4.78, 5) is 0. The number of aliphatic hydroxyl groups is 14. The predicted octanol–water partition coefficient (Wildman–Crippen LogP) is -3.05. The van der Waals surface area contributed by atoms with Crippen molar-refractivity contribution in [3.63, 3.8) is 0 Å². The quantitative estimate of drug-likeness (QED) is 0.0769. The van der Waals surface area contributed by atoms with Gasteiger partial charge in [0.25, 0.3) is 0 Å². The third kappa shape index (κ3) is 10.1. The minimum atomic E-state index is -1.97. The van der Waals surface area contributed by atoms with Crippen LogP contribution in [-0.4, -0.2) is 232 Å². The molecule has 23 nitrogen and oxygen atoms in total. The van der Waals surface area contributed by atoms with Crippen molar-refractivity contribution < 1.29 is 114 Å². The Morgan fingerprint density at radius 2 is 1.29 bits per heavy atom. The Balaban J connectivity index is 0.846. The first-order valence-corrected chi connectivity index (χ1v) is 26.5. The van der Waals surface area contributed by atoms with E-state index in [2.05, 4.69) is 26.8 Å². The fourth-order valence-electron chi connectivity index (χ4n) is 14.8. The molecule has 11 unspecified atom stereocenters. The molecule has 5 aliphatic heterocycles. The number of hydrogen-bond donors (Lipinski definition) is 14. The van der Waals surface area contributed by atoms with Gasteiger partial charge in [-0.05, 0) is 98.7 Å². The molecule has 8 fully saturated rings. The molecule has 0 radical (unpaired) electrons. The lowest BCUT2D eigenvalue weighted by atomic mass is 9.47. The van der Waals surface area contributed by atoms with Crippen molar-refractivity contribution in [2.75, 3.05) is 19.8 Å². The number of aliphatic hydroxyl groups excluding tert-OH is 13. The second-order valence-electron chi connectivity index (χ2n) is 23.5. The van der Waals surface area contributed by atoms with Gasteiger partial charge in [-0.2, -0.15) is 0 Å². The van der Waals surface area contributed by atoms with E-state index in [4.69, 9.17) is 42.6 Å². The van der Waals surface area contributed by atoms with Gasteiger partial charge in [-0.3, -0.25) is 0 Å². The largest absolute Gasteiger partial charge is 0.394 e. The molecule has 73 heavy (non-hydrogen) atoms. The Labute approximate surface area is 424 Å². The van der Waals surface area contributed by atoms with E-state index in [1.807, 2.05) is 6.92 Å². The van der Waals surface area contributed by atoms with E-state index < -0.39 is 148 Å². The number of fused-ring (bicyclic) bond motifs is 7. The third-order valence-electron chi connectivity index (χ3n) is 19.2. The van der Waals surface area contributed by atoms with Gasteiger partial charge in [0.15, 0.2) is 37.2 Å². The van der Waals surface area contributed by atoms with Gasteiger partial charge in [0, 0.05) is 12.3 Å². The molecule has 5 saturated heterocycles. The molecule has 0 aromatic rings. The number of rotatable bonds is 14. The summed E-state index contributed by atoms with van der Waals surface area (Å²) in [6.45, 7) is 9.06. The first kappa shape index (κ1) is 56.5. The smallest absolute Gasteiger partial charge is 0.189 e. The summed E-state index contributed by atoms with van der Waals surface area (Å²) < 4.78 is 53.8. The van der Waals surface area contributed by atoms with E-state index in [-0.39, 0.29) is 41.3 Å². The first-order chi connectivity index (χ1) is 34.5. The van der Waals surface area contributed by atoms with Crippen LogP contribution >= 0.6 is 0 Å². The van der Waals surface area contributed by atoms with Crippen molar-refractivity contribution in [3.05, 3.63) is 11.6 Å². The first-order valence-electron chi connectivity index (χ1n) is 26.5. The molecule has 14 N–H and O–H groups in total. The topological polar surface area (TPSA) is 366 Å². The average molecular weight is 1050 g/mol. The molecule has 420 valence electrons. The molecule has 0 amide bonds. The molecule has 4 aliphatic carbocycles. The van der Waals surface area contributed by atoms with Gasteiger partial charge < -0.3 is 114 Å². The molecule has 5 heterocycles. The Morgan fingerprint density at radius 3 is 1.99 bits per heavy atom. The summed E-state index contributed by atoms with van der Waals surface area (Å²) in [5.41, 5.74) is 1.01. The highest BCUT2D eigenvalue weighted by Gasteiger charge is 2.68. The van der Waals surface area contributed by atoms with E-state index in [1.165, 1.54) is 12.5 Å². The Bertz CT molecular complexity index is 1900. The van der Waals surface area contributed by atoms with Crippen molar-refractivity contribution in [2.24, 2.45) is 46.3 Å². The molecular formula is C50H82O23. The predicted molar refractivity (Wildman–Crippen MR) is 245 cm³/mol. The van der Waals surface area contributed by atoms with E-state index in [0.717, 1.165) is 32.1 Å². The maximum atomic E-state index is 12.1. The summed E-state index contributed by atoms with van der Waals surface area (Å²) in [5, 5.41) is 148. The molecule has 0 aromatic heterocycles. The van der Waals surface area contributed by atoms with Crippen LogP contribution in [0.1, 0.15) is 92.4 Å². The summed E-state index contributed by atoms with van der Waals surface area (Å²) in [6, 6.07) is 0. The van der Waals surface area contributed by atoms with Crippen molar-refractivity contribution in [2.45, 2.75) is 233 Å². The zero-order valence-electron chi connectivity index (χ0n) is 42.2. The van der Waals surface area contributed by atoms with Gasteiger partial charge in [-0.25, -0.2) is 0 Å². The van der Waals surface area contributed by atoms with Crippen molar-refractivity contribution in [3.8, 4) is 0 Å². The third-order valence-corrected chi connectivity index (χ3v) is 19.2. The minimum Gasteiger partial charge on any atom is -0.394 e. The maximum Gasteiger partial charge on any atom is 0.189 e. The second kappa shape index (κ2) is 21.8. The van der Waals surface area contributed by atoms with Crippen LogP contribution in [0.15, 0.2) is 11.6 Å². The highest BCUT2D eigenvalue weighted by Crippen LogP contribution is 2.70. The number of allylic oxidation sites excluding steroid dienone is 1. The fourth-order valence-corrected chi connectivity index (χ4v) is 14.8. The van der Waals surface area contributed by atoms with Crippen LogP contribution in [0.5, 0.6) is 0 Å². The average Bonchev–Trinajstić information content (AvgIpc) is 3.80. The number of hydrogen-bond acceptors (Lipinski definition) is 23. The van der Waals surface area contributed by atoms with Gasteiger partial charge >= 0.3 is 0 Å². The van der Waals surface area contributed by atoms with Crippen LogP contribution in [0, 0.1) is 46.3 Å². The molecular weight excluding hydrogens is 969 g/mol. The second-order valence-corrected chi connectivity index (χ2v) is 23.5. The molecule has 0 aromatic carbocycles. The summed E-state index contributed by atoms with van der Waals surface area (Å²) in [7, 11) is 0. The highest BCUT2D eigenvalue weighted by atomic mass is 16.8. The zero-order chi connectivity index (χ0) is 52.8. The minimum absolute atomic E-state index is 0.0712. The van der Waals surface area contributed by atoms with Crippen LogP contribution < -0.4 is 0 Å². The van der Waals surface area contributed by atoms with Crippen LogP contribution in [0.25, 0.3) is 0 Å².